The van der Waals surface area contributed by atoms with E-state index in [1.165, 1.54) is 50.2 Å². The topological polar surface area (TPSA) is 6.48 Å². The Morgan fingerprint density at radius 3 is 1.51 bits per heavy atom. The summed E-state index contributed by atoms with van der Waals surface area (Å²) in [5.41, 5.74) is 17.4. The van der Waals surface area contributed by atoms with E-state index in [1.807, 2.05) is 0 Å². The first-order valence-electron chi connectivity index (χ1n) is 19.5. The first-order valence-corrected chi connectivity index (χ1v) is 19.5. The highest BCUT2D eigenvalue weighted by atomic mass is 15.1. The van der Waals surface area contributed by atoms with Crippen molar-refractivity contribution in [3.63, 3.8) is 0 Å². The van der Waals surface area contributed by atoms with Gasteiger partial charge in [0.15, 0.2) is 0 Å². The maximum absolute atomic E-state index is 4.52. The number of benzene rings is 8. The third kappa shape index (κ3) is 7.37. The van der Waals surface area contributed by atoms with Gasteiger partial charge in [-0.25, -0.2) is 0 Å². The lowest BCUT2D eigenvalue weighted by atomic mass is 9.92. The molecule has 0 N–H and O–H groups in total. The first-order chi connectivity index (χ1) is 28.2. The SMILES string of the molecule is C=C(/C=C\C=C/CN(c1ccc(-c2ccccc2)cc1)c1ccc(-c2ccccc2)cc1)c1ccc2c(c1)-c1ccccc1-c1ccccc1N2c1ccccc1. The number of hydrogen-bond donors (Lipinski definition) is 0. The normalized spacial score (nSPS) is 11.8. The van der Waals surface area contributed by atoms with Gasteiger partial charge >= 0.3 is 0 Å². The van der Waals surface area contributed by atoms with Crippen molar-refractivity contribution in [2.75, 3.05) is 16.3 Å². The maximum atomic E-state index is 4.52. The monoisotopic (exact) mass is 730 g/mol. The van der Waals surface area contributed by atoms with Crippen LogP contribution in [0.1, 0.15) is 5.56 Å². The smallest absolute Gasteiger partial charge is 0.0540 e. The third-order valence-electron chi connectivity index (χ3n) is 10.7. The fraction of sp³-hybridized carbons (Fsp3) is 0.0182. The second-order valence-corrected chi connectivity index (χ2v) is 14.2. The highest BCUT2D eigenvalue weighted by Crippen LogP contribution is 2.51. The van der Waals surface area contributed by atoms with Crippen molar-refractivity contribution >= 4 is 34.0 Å². The fourth-order valence-corrected chi connectivity index (χ4v) is 7.78. The molecular weight excluding hydrogens is 689 g/mol. The van der Waals surface area contributed by atoms with Gasteiger partial charge in [-0.2, -0.15) is 0 Å². The lowest BCUT2D eigenvalue weighted by Crippen LogP contribution is -2.16. The zero-order chi connectivity index (χ0) is 38.4. The average Bonchev–Trinajstić information content (AvgIpc) is 3.41. The Kier molecular flexibility index (Phi) is 9.99. The minimum absolute atomic E-state index is 0.706. The fourth-order valence-electron chi connectivity index (χ4n) is 7.78. The predicted octanol–water partition coefficient (Wildman–Crippen LogP) is 15.1. The predicted molar refractivity (Wildman–Crippen MR) is 244 cm³/mol. The molecule has 1 aliphatic rings. The quantitative estimate of drug-likeness (QED) is 0.129. The highest BCUT2D eigenvalue weighted by molar-refractivity contribution is 6.03. The number of anilines is 5. The van der Waals surface area contributed by atoms with Gasteiger partial charge < -0.3 is 9.80 Å². The number of allylic oxidation sites excluding steroid dienone is 4. The number of nitrogens with zero attached hydrogens (tertiary/aromatic N) is 2. The summed E-state index contributed by atoms with van der Waals surface area (Å²) in [6.07, 6.45) is 8.55. The van der Waals surface area contributed by atoms with Crippen molar-refractivity contribution in [2.45, 2.75) is 0 Å². The molecule has 0 fully saturated rings. The molecule has 1 heterocycles. The molecular formula is C55H42N2. The van der Waals surface area contributed by atoms with E-state index in [1.54, 1.807) is 0 Å². The molecule has 0 amide bonds. The summed E-state index contributed by atoms with van der Waals surface area (Å²) in [4.78, 5) is 4.73. The minimum atomic E-state index is 0.706. The molecule has 0 unspecified atom stereocenters. The molecule has 0 aliphatic carbocycles. The van der Waals surface area contributed by atoms with Crippen LogP contribution in [0.5, 0.6) is 0 Å². The minimum Gasteiger partial charge on any atom is -0.338 e. The maximum Gasteiger partial charge on any atom is 0.0540 e. The largest absolute Gasteiger partial charge is 0.338 e. The molecule has 0 radical (unpaired) electrons. The molecule has 0 spiro atoms. The second kappa shape index (κ2) is 16.1. The van der Waals surface area contributed by atoms with Crippen molar-refractivity contribution in [1.82, 2.24) is 0 Å². The van der Waals surface area contributed by atoms with Gasteiger partial charge in [0.25, 0.3) is 0 Å². The molecule has 8 aromatic carbocycles. The van der Waals surface area contributed by atoms with Gasteiger partial charge in [0.1, 0.15) is 0 Å². The van der Waals surface area contributed by atoms with Crippen LogP contribution in [0, 0.1) is 0 Å². The van der Waals surface area contributed by atoms with Crippen LogP contribution in [-0.4, -0.2) is 6.54 Å². The van der Waals surface area contributed by atoms with Crippen LogP contribution < -0.4 is 9.80 Å². The molecule has 0 saturated heterocycles. The van der Waals surface area contributed by atoms with Crippen LogP contribution in [-0.2, 0) is 0 Å². The van der Waals surface area contributed by atoms with E-state index in [2.05, 4.69) is 247 Å². The van der Waals surface area contributed by atoms with E-state index < -0.39 is 0 Å². The second-order valence-electron chi connectivity index (χ2n) is 14.2. The Bertz CT molecular complexity index is 2610. The number of rotatable bonds is 10. The zero-order valence-corrected chi connectivity index (χ0v) is 31.7. The molecule has 2 nitrogen and oxygen atoms in total. The molecule has 1 aliphatic heterocycles. The standard InChI is InChI=1S/C55H42N2/c1-41(46-33-38-55-53(40-46)51-26-14-13-25-50(51)52-27-15-16-28-54(52)57(55)49-23-11-4-12-24-49)18-6-5-17-39-56(47-34-29-44(30-35-47)42-19-7-2-8-20-42)48-36-31-45(32-37-48)43-21-9-3-10-22-43/h2-38,40H,1,39H2/b17-5-,18-6-. The zero-order valence-electron chi connectivity index (χ0n) is 31.7. The Balaban J connectivity index is 0.986. The van der Waals surface area contributed by atoms with Gasteiger partial charge in [-0.1, -0.05) is 183 Å². The molecule has 0 bridgehead atoms. The summed E-state index contributed by atoms with van der Waals surface area (Å²) in [6.45, 7) is 5.23. The summed E-state index contributed by atoms with van der Waals surface area (Å²) in [7, 11) is 0. The van der Waals surface area contributed by atoms with E-state index in [9.17, 15) is 0 Å². The van der Waals surface area contributed by atoms with Gasteiger partial charge in [0.05, 0.1) is 11.4 Å². The van der Waals surface area contributed by atoms with E-state index in [0.29, 0.717) is 6.54 Å². The average molecular weight is 731 g/mol. The van der Waals surface area contributed by atoms with Crippen LogP contribution in [0.3, 0.4) is 0 Å². The van der Waals surface area contributed by atoms with Crippen LogP contribution >= 0.6 is 0 Å². The molecule has 57 heavy (non-hydrogen) atoms. The van der Waals surface area contributed by atoms with Crippen molar-refractivity contribution in [1.29, 1.82) is 0 Å². The highest BCUT2D eigenvalue weighted by Gasteiger charge is 2.26. The molecule has 8 aromatic rings. The molecule has 0 saturated carbocycles. The number of hydrogen-bond acceptors (Lipinski definition) is 2. The van der Waals surface area contributed by atoms with Crippen molar-refractivity contribution in [3.8, 4) is 44.5 Å². The van der Waals surface area contributed by atoms with Crippen LogP contribution in [0.25, 0.3) is 50.1 Å². The summed E-state index contributed by atoms with van der Waals surface area (Å²) in [5, 5.41) is 0. The Morgan fingerprint density at radius 2 is 0.912 bits per heavy atom. The van der Waals surface area contributed by atoms with Crippen LogP contribution in [0.4, 0.5) is 28.4 Å². The van der Waals surface area contributed by atoms with Crippen molar-refractivity contribution < 1.29 is 0 Å². The van der Waals surface area contributed by atoms with Gasteiger partial charge in [-0.3, -0.25) is 0 Å². The van der Waals surface area contributed by atoms with Gasteiger partial charge in [0, 0.05) is 34.7 Å². The van der Waals surface area contributed by atoms with E-state index in [4.69, 9.17) is 0 Å². The number of fused-ring (bicyclic) bond motifs is 5. The summed E-state index contributed by atoms with van der Waals surface area (Å²) < 4.78 is 0. The van der Waals surface area contributed by atoms with E-state index in [0.717, 1.165) is 33.9 Å². The first kappa shape index (κ1) is 35.3. The molecule has 2 heteroatoms. The summed E-state index contributed by atoms with van der Waals surface area (Å²) in [6, 6.07) is 73.6. The lowest BCUT2D eigenvalue weighted by Gasteiger charge is -2.27. The van der Waals surface area contributed by atoms with E-state index >= 15 is 0 Å². The van der Waals surface area contributed by atoms with Crippen LogP contribution in [0.2, 0.25) is 0 Å². The van der Waals surface area contributed by atoms with Crippen molar-refractivity contribution in [3.05, 3.63) is 243 Å². The van der Waals surface area contributed by atoms with E-state index in [-0.39, 0.29) is 0 Å². The lowest BCUT2D eigenvalue weighted by molar-refractivity contribution is 1.10. The molecule has 0 aromatic heterocycles. The van der Waals surface area contributed by atoms with Crippen molar-refractivity contribution in [2.24, 2.45) is 0 Å². The Hall–Kier alpha value is -7.42. The van der Waals surface area contributed by atoms with Gasteiger partial charge in [-0.05, 0) is 99.1 Å². The van der Waals surface area contributed by atoms with Crippen LogP contribution in [0.15, 0.2) is 237 Å². The number of para-hydroxylation sites is 2. The van der Waals surface area contributed by atoms with Gasteiger partial charge in [-0.15, -0.1) is 0 Å². The summed E-state index contributed by atoms with van der Waals surface area (Å²) >= 11 is 0. The molecule has 0 atom stereocenters. The third-order valence-corrected chi connectivity index (χ3v) is 10.7. The Morgan fingerprint density at radius 1 is 0.439 bits per heavy atom. The Labute approximate surface area is 336 Å². The molecule has 9 rings (SSSR count). The summed E-state index contributed by atoms with van der Waals surface area (Å²) in [5.74, 6) is 0. The van der Waals surface area contributed by atoms with Gasteiger partial charge in [0.2, 0.25) is 0 Å². The molecule has 272 valence electrons.